The van der Waals surface area contributed by atoms with E-state index >= 15 is 0 Å². The molecule has 0 aromatic carbocycles. The number of likely N-dealkylation sites (N-methyl/N-ethyl adjacent to an activating group) is 1. The van der Waals surface area contributed by atoms with Gasteiger partial charge in [-0.1, -0.05) is 12.1 Å². The standard InChI is InChI=1S/C9H14BrN3O/c1-2-13-5-3-4-7(6-13)8-11-9(10)14-12-8/h7H,2-6H2,1H3. The van der Waals surface area contributed by atoms with Gasteiger partial charge in [0.2, 0.25) is 0 Å². The highest BCUT2D eigenvalue weighted by Crippen LogP contribution is 2.25. The van der Waals surface area contributed by atoms with Crippen LogP contribution in [0.4, 0.5) is 0 Å². The van der Waals surface area contributed by atoms with Crippen LogP contribution in [0.5, 0.6) is 0 Å². The van der Waals surface area contributed by atoms with E-state index in [4.69, 9.17) is 4.52 Å². The molecule has 0 saturated carbocycles. The molecule has 0 bridgehead atoms. The highest BCUT2D eigenvalue weighted by atomic mass is 79.9. The molecule has 1 aromatic rings. The molecule has 1 aliphatic heterocycles. The monoisotopic (exact) mass is 259 g/mol. The Labute approximate surface area is 91.8 Å². The van der Waals surface area contributed by atoms with Crippen LogP contribution in [-0.4, -0.2) is 34.7 Å². The topological polar surface area (TPSA) is 42.2 Å². The Balaban J connectivity index is 2.04. The number of rotatable bonds is 2. The molecule has 0 N–H and O–H groups in total. The Bertz CT molecular complexity index is 302. The van der Waals surface area contributed by atoms with Gasteiger partial charge in [-0.2, -0.15) is 4.98 Å². The summed E-state index contributed by atoms with van der Waals surface area (Å²) in [5.41, 5.74) is 0. The fourth-order valence-electron chi connectivity index (χ4n) is 1.93. The minimum absolute atomic E-state index is 0.443. The smallest absolute Gasteiger partial charge is 0.293 e. The van der Waals surface area contributed by atoms with E-state index in [1.165, 1.54) is 19.4 Å². The van der Waals surface area contributed by atoms with Gasteiger partial charge in [0.25, 0.3) is 4.80 Å². The number of piperidine rings is 1. The van der Waals surface area contributed by atoms with E-state index in [2.05, 4.69) is 37.9 Å². The number of aromatic nitrogens is 2. The molecule has 1 aromatic heterocycles. The van der Waals surface area contributed by atoms with Crippen molar-refractivity contribution in [1.82, 2.24) is 15.0 Å². The summed E-state index contributed by atoms with van der Waals surface area (Å²) in [5.74, 6) is 1.29. The van der Waals surface area contributed by atoms with Crippen molar-refractivity contribution in [3.8, 4) is 0 Å². The predicted octanol–water partition coefficient (Wildman–Crippen LogP) is 2.03. The van der Waals surface area contributed by atoms with Crippen LogP contribution < -0.4 is 0 Å². The largest absolute Gasteiger partial charge is 0.327 e. The first-order chi connectivity index (χ1) is 6.79. The van der Waals surface area contributed by atoms with Crippen LogP contribution in [0.25, 0.3) is 0 Å². The van der Waals surface area contributed by atoms with Crippen molar-refractivity contribution in [2.24, 2.45) is 0 Å². The van der Waals surface area contributed by atoms with Crippen LogP contribution in [0.3, 0.4) is 0 Å². The maximum atomic E-state index is 4.92. The van der Waals surface area contributed by atoms with Gasteiger partial charge in [-0.25, -0.2) is 0 Å². The third kappa shape index (κ3) is 2.15. The maximum Gasteiger partial charge on any atom is 0.293 e. The normalized spacial score (nSPS) is 24.0. The maximum absolute atomic E-state index is 4.92. The molecule has 14 heavy (non-hydrogen) atoms. The predicted molar refractivity (Wildman–Crippen MR) is 56.1 cm³/mol. The molecule has 1 saturated heterocycles. The lowest BCUT2D eigenvalue weighted by Gasteiger charge is -2.29. The average Bonchev–Trinajstić information content (AvgIpc) is 2.65. The molecule has 1 atom stereocenters. The van der Waals surface area contributed by atoms with Gasteiger partial charge in [0.1, 0.15) is 0 Å². The van der Waals surface area contributed by atoms with Crippen LogP contribution in [0.2, 0.25) is 0 Å². The zero-order chi connectivity index (χ0) is 9.97. The van der Waals surface area contributed by atoms with Gasteiger partial charge in [-0.3, -0.25) is 0 Å². The van der Waals surface area contributed by atoms with E-state index in [-0.39, 0.29) is 0 Å². The Kier molecular flexibility index (Phi) is 3.18. The van der Waals surface area contributed by atoms with Crippen LogP contribution in [-0.2, 0) is 0 Å². The van der Waals surface area contributed by atoms with Gasteiger partial charge in [-0.05, 0) is 25.9 Å². The SMILES string of the molecule is CCN1CCCC(c2noc(Br)n2)C1. The molecule has 2 heterocycles. The summed E-state index contributed by atoms with van der Waals surface area (Å²) in [4.78, 5) is 7.13. The summed E-state index contributed by atoms with van der Waals surface area (Å²) in [7, 11) is 0. The molecule has 0 radical (unpaired) electrons. The van der Waals surface area contributed by atoms with Gasteiger partial charge < -0.3 is 9.42 Å². The van der Waals surface area contributed by atoms with Crippen molar-refractivity contribution in [1.29, 1.82) is 0 Å². The van der Waals surface area contributed by atoms with E-state index in [1.54, 1.807) is 0 Å². The van der Waals surface area contributed by atoms with Crippen molar-refractivity contribution < 1.29 is 4.52 Å². The van der Waals surface area contributed by atoms with Crippen LogP contribution >= 0.6 is 15.9 Å². The Hall–Kier alpha value is -0.420. The number of hydrogen-bond donors (Lipinski definition) is 0. The number of nitrogens with zero attached hydrogens (tertiary/aromatic N) is 3. The van der Waals surface area contributed by atoms with Crippen molar-refractivity contribution in [3.63, 3.8) is 0 Å². The van der Waals surface area contributed by atoms with Gasteiger partial charge >= 0.3 is 0 Å². The van der Waals surface area contributed by atoms with Crippen LogP contribution in [0, 0.1) is 0 Å². The minimum atomic E-state index is 0.443. The first kappa shape index (κ1) is 10.1. The highest BCUT2D eigenvalue weighted by molar-refractivity contribution is 9.10. The first-order valence-electron chi connectivity index (χ1n) is 5.01. The third-order valence-electron chi connectivity index (χ3n) is 2.73. The molecule has 0 spiro atoms. The summed E-state index contributed by atoms with van der Waals surface area (Å²) >= 11 is 3.18. The molecular formula is C9H14BrN3O. The van der Waals surface area contributed by atoms with Gasteiger partial charge in [-0.15, -0.1) is 0 Å². The number of likely N-dealkylation sites (tertiary alicyclic amines) is 1. The second kappa shape index (κ2) is 4.40. The Morgan fingerprint density at radius 2 is 2.50 bits per heavy atom. The minimum Gasteiger partial charge on any atom is -0.327 e. The summed E-state index contributed by atoms with van der Waals surface area (Å²) in [5, 5.41) is 3.95. The van der Waals surface area contributed by atoms with Crippen LogP contribution in [0.15, 0.2) is 9.32 Å². The average molecular weight is 260 g/mol. The molecule has 1 aliphatic rings. The van der Waals surface area contributed by atoms with E-state index < -0.39 is 0 Å². The molecule has 1 fully saturated rings. The van der Waals surface area contributed by atoms with Gasteiger partial charge in [0, 0.05) is 28.4 Å². The van der Waals surface area contributed by atoms with Crippen LogP contribution in [0.1, 0.15) is 31.5 Å². The number of hydrogen-bond acceptors (Lipinski definition) is 4. The van der Waals surface area contributed by atoms with E-state index in [0.717, 1.165) is 18.9 Å². The van der Waals surface area contributed by atoms with E-state index in [0.29, 0.717) is 10.7 Å². The fraction of sp³-hybridized carbons (Fsp3) is 0.778. The van der Waals surface area contributed by atoms with Gasteiger partial charge in [0.05, 0.1) is 0 Å². The lowest BCUT2D eigenvalue weighted by molar-refractivity contribution is 0.211. The molecule has 0 aliphatic carbocycles. The van der Waals surface area contributed by atoms with Crippen molar-refractivity contribution in [3.05, 3.63) is 10.6 Å². The summed E-state index contributed by atoms with van der Waals surface area (Å²) in [6, 6.07) is 0. The lowest BCUT2D eigenvalue weighted by atomic mass is 9.97. The molecule has 2 rings (SSSR count). The molecular weight excluding hydrogens is 246 g/mol. The molecule has 78 valence electrons. The quantitative estimate of drug-likeness (QED) is 0.816. The van der Waals surface area contributed by atoms with Gasteiger partial charge in [0.15, 0.2) is 5.82 Å². The summed E-state index contributed by atoms with van der Waals surface area (Å²) in [6.45, 7) is 5.55. The third-order valence-corrected chi connectivity index (χ3v) is 3.06. The summed E-state index contributed by atoms with van der Waals surface area (Å²) < 4.78 is 4.92. The van der Waals surface area contributed by atoms with E-state index in [9.17, 15) is 0 Å². The molecule has 5 heteroatoms. The van der Waals surface area contributed by atoms with E-state index in [1.807, 2.05) is 0 Å². The fourth-order valence-corrected chi connectivity index (χ4v) is 2.19. The highest BCUT2D eigenvalue weighted by Gasteiger charge is 2.24. The second-order valence-electron chi connectivity index (χ2n) is 3.64. The van der Waals surface area contributed by atoms with Crippen molar-refractivity contribution in [2.45, 2.75) is 25.7 Å². The Morgan fingerprint density at radius 3 is 3.14 bits per heavy atom. The van der Waals surface area contributed by atoms with Crippen molar-refractivity contribution >= 4 is 15.9 Å². The molecule has 4 nitrogen and oxygen atoms in total. The van der Waals surface area contributed by atoms with Crippen molar-refractivity contribution in [2.75, 3.05) is 19.6 Å². The zero-order valence-corrected chi connectivity index (χ0v) is 9.83. The lowest BCUT2D eigenvalue weighted by Crippen LogP contribution is -2.34. The molecule has 1 unspecified atom stereocenters. The number of halogens is 1. The first-order valence-corrected chi connectivity index (χ1v) is 5.80. The Morgan fingerprint density at radius 1 is 1.64 bits per heavy atom. The molecule has 0 amide bonds. The zero-order valence-electron chi connectivity index (χ0n) is 8.24. The summed E-state index contributed by atoms with van der Waals surface area (Å²) in [6.07, 6.45) is 2.40. The second-order valence-corrected chi connectivity index (χ2v) is 4.32.